The number of hydrogen-bond donors (Lipinski definition) is 1. The molecule has 0 saturated carbocycles. The first-order chi connectivity index (χ1) is 7.19. The molecule has 94 valence electrons. The Morgan fingerprint density at radius 1 is 1.38 bits per heavy atom. The third-order valence-corrected chi connectivity index (χ3v) is 2.00. The molecule has 5 heteroatoms. The summed E-state index contributed by atoms with van der Waals surface area (Å²) >= 11 is 0. The number of amides is 1. The highest BCUT2D eigenvalue weighted by molar-refractivity contribution is 5.79. The number of carboxylic acids is 1. The van der Waals surface area contributed by atoms with Crippen LogP contribution in [-0.4, -0.2) is 40.8 Å². The highest BCUT2D eigenvalue weighted by Gasteiger charge is 2.29. The van der Waals surface area contributed by atoms with Crippen LogP contribution in [0.3, 0.4) is 0 Å². The molecule has 0 rings (SSSR count). The van der Waals surface area contributed by atoms with E-state index in [1.54, 1.807) is 20.8 Å². The Balaban J connectivity index is 4.55. The third-order valence-electron chi connectivity index (χ3n) is 2.00. The van der Waals surface area contributed by atoms with Gasteiger partial charge in [0.2, 0.25) is 0 Å². The monoisotopic (exact) mass is 231 g/mol. The number of carbonyl (C=O) groups is 2. The fraction of sp³-hybridized carbons (Fsp3) is 0.818. The second kappa shape index (κ2) is 5.72. The summed E-state index contributed by atoms with van der Waals surface area (Å²) in [4.78, 5) is 23.7. The third kappa shape index (κ3) is 5.00. The van der Waals surface area contributed by atoms with Crippen molar-refractivity contribution in [2.45, 2.75) is 52.2 Å². The maximum absolute atomic E-state index is 11.6. The van der Waals surface area contributed by atoms with Crippen LogP contribution in [0.5, 0.6) is 0 Å². The Morgan fingerprint density at radius 2 is 1.88 bits per heavy atom. The molecule has 0 radical (unpaired) electrons. The van der Waals surface area contributed by atoms with Crippen molar-refractivity contribution in [2.75, 3.05) is 7.05 Å². The van der Waals surface area contributed by atoms with Gasteiger partial charge < -0.3 is 9.84 Å². The minimum atomic E-state index is -1.00. The van der Waals surface area contributed by atoms with Gasteiger partial charge in [-0.2, -0.15) is 0 Å². The van der Waals surface area contributed by atoms with Gasteiger partial charge in [0.1, 0.15) is 11.6 Å². The zero-order chi connectivity index (χ0) is 12.9. The molecular weight excluding hydrogens is 210 g/mol. The van der Waals surface area contributed by atoms with Gasteiger partial charge in [0, 0.05) is 7.05 Å². The first-order valence-corrected chi connectivity index (χ1v) is 5.37. The largest absolute Gasteiger partial charge is 0.480 e. The van der Waals surface area contributed by atoms with Crippen molar-refractivity contribution >= 4 is 12.1 Å². The fourth-order valence-corrected chi connectivity index (χ4v) is 1.22. The van der Waals surface area contributed by atoms with Gasteiger partial charge in [0.25, 0.3) is 0 Å². The van der Waals surface area contributed by atoms with E-state index in [4.69, 9.17) is 9.84 Å². The summed E-state index contributed by atoms with van der Waals surface area (Å²) in [5.74, 6) is -1.00. The minimum Gasteiger partial charge on any atom is -0.480 e. The molecule has 1 amide bonds. The van der Waals surface area contributed by atoms with Crippen LogP contribution in [0.2, 0.25) is 0 Å². The van der Waals surface area contributed by atoms with Crippen LogP contribution in [0.1, 0.15) is 40.5 Å². The number of carbonyl (C=O) groups excluding carboxylic acids is 1. The van der Waals surface area contributed by atoms with Gasteiger partial charge in [-0.25, -0.2) is 9.59 Å². The Hall–Kier alpha value is -1.26. The Morgan fingerprint density at radius 3 is 2.19 bits per heavy atom. The molecule has 0 aromatic heterocycles. The van der Waals surface area contributed by atoms with E-state index >= 15 is 0 Å². The second-order valence-electron chi connectivity index (χ2n) is 4.73. The molecule has 0 aliphatic heterocycles. The van der Waals surface area contributed by atoms with Crippen LogP contribution < -0.4 is 0 Å². The van der Waals surface area contributed by atoms with Crippen LogP contribution in [-0.2, 0) is 9.53 Å². The number of rotatable bonds is 4. The molecule has 1 N–H and O–H groups in total. The molecule has 0 spiro atoms. The van der Waals surface area contributed by atoms with Gasteiger partial charge >= 0.3 is 12.1 Å². The molecule has 0 heterocycles. The zero-order valence-corrected chi connectivity index (χ0v) is 10.6. The van der Waals surface area contributed by atoms with E-state index in [1.807, 2.05) is 6.92 Å². The van der Waals surface area contributed by atoms with Crippen molar-refractivity contribution in [3.63, 3.8) is 0 Å². The first kappa shape index (κ1) is 14.7. The zero-order valence-electron chi connectivity index (χ0n) is 10.6. The highest BCUT2D eigenvalue weighted by atomic mass is 16.6. The molecular formula is C11H21NO4. The van der Waals surface area contributed by atoms with Gasteiger partial charge in [-0.1, -0.05) is 13.3 Å². The number of hydrogen-bond acceptors (Lipinski definition) is 3. The lowest BCUT2D eigenvalue weighted by Gasteiger charge is -2.28. The topological polar surface area (TPSA) is 66.8 Å². The van der Waals surface area contributed by atoms with Crippen LogP contribution in [0.15, 0.2) is 0 Å². The van der Waals surface area contributed by atoms with Crippen molar-refractivity contribution < 1.29 is 19.4 Å². The summed E-state index contributed by atoms with van der Waals surface area (Å²) in [5.41, 5.74) is -0.611. The smallest absolute Gasteiger partial charge is 0.410 e. The number of carboxylic acid groups (broad SMARTS) is 1. The number of nitrogens with zero attached hydrogens (tertiary/aromatic N) is 1. The minimum absolute atomic E-state index is 0.422. The summed E-state index contributed by atoms with van der Waals surface area (Å²) in [6.45, 7) is 7.11. The average Bonchev–Trinajstić information content (AvgIpc) is 2.09. The lowest BCUT2D eigenvalue weighted by Crippen LogP contribution is -2.44. The predicted molar refractivity (Wildman–Crippen MR) is 60.3 cm³/mol. The SMILES string of the molecule is CCC[C@@H](C(=O)O)N(C)C(=O)OC(C)(C)C. The number of ether oxygens (including phenoxy) is 1. The van der Waals surface area contributed by atoms with Crippen molar-refractivity contribution in [3.8, 4) is 0 Å². The normalized spacial score (nSPS) is 13.1. The summed E-state index contributed by atoms with van der Waals surface area (Å²) in [6, 6.07) is -0.820. The molecule has 0 unspecified atom stereocenters. The number of aliphatic carboxylic acids is 1. The van der Waals surface area contributed by atoms with Gasteiger partial charge in [0.05, 0.1) is 0 Å². The predicted octanol–water partition coefficient (Wildman–Crippen LogP) is 2.11. The van der Waals surface area contributed by atoms with Crippen molar-refractivity contribution in [1.82, 2.24) is 4.90 Å². The molecule has 0 bridgehead atoms. The molecule has 0 aliphatic rings. The van der Waals surface area contributed by atoms with Crippen molar-refractivity contribution in [1.29, 1.82) is 0 Å². The maximum atomic E-state index is 11.6. The summed E-state index contributed by atoms with van der Waals surface area (Å²) < 4.78 is 5.10. The Kier molecular flexibility index (Phi) is 5.27. The molecule has 0 fully saturated rings. The average molecular weight is 231 g/mol. The van der Waals surface area contributed by atoms with Crippen LogP contribution in [0, 0.1) is 0 Å². The fourth-order valence-electron chi connectivity index (χ4n) is 1.22. The van der Waals surface area contributed by atoms with Gasteiger partial charge in [-0.3, -0.25) is 4.90 Å². The molecule has 16 heavy (non-hydrogen) atoms. The summed E-state index contributed by atoms with van der Waals surface area (Å²) in [5, 5.41) is 8.97. The van der Waals surface area contributed by atoms with Gasteiger partial charge in [-0.15, -0.1) is 0 Å². The van der Waals surface area contributed by atoms with E-state index in [9.17, 15) is 9.59 Å². The van der Waals surface area contributed by atoms with Gasteiger partial charge in [-0.05, 0) is 27.2 Å². The summed E-state index contributed by atoms with van der Waals surface area (Å²) in [6.07, 6.45) is 0.517. The van der Waals surface area contributed by atoms with Crippen molar-refractivity contribution in [2.24, 2.45) is 0 Å². The van der Waals surface area contributed by atoms with E-state index < -0.39 is 23.7 Å². The van der Waals surface area contributed by atoms with E-state index in [2.05, 4.69) is 0 Å². The Bertz CT molecular complexity index is 257. The quantitative estimate of drug-likeness (QED) is 0.804. The van der Waals surface area contributed by atoms with E-state index in [0.29, 0.717) is 12.8 Å². The lowest BCUT2D eigenvalue weighted by molar-refractivity contribution is -0.142. The van der Waals surface area contributed by atoms with E-state index in [-0.39, 0.29) is 0 Å². The molecule has 5 nitrogen and oxygen atoms in total. The molecule has 0 aromatic rings. The summed E-state index contributed by atoms with van der Waals surface area (Å²) in [7, 11) is 1.45. The molecule has 0 saturated heterocycles. The van der Waals surface area contributed by atoms with Crippen LogP contribution in [0.25, 0.3) is 0 Å². The maximum Gasteiger partial charge on any atom is 0.410 e. The Labute approximate surface area is 96.4 Å². The first-order valence-electron chi connectivity index (χ1n) is 5.37. The molecule has 0 aromatic carbocycles. The van der Waals surface area contributed by atoms with E-state index in [0.717, 1.165) is 4.90 Å². The molecule has 0 aliphatic carbocycles. The van der Waals surface area contributed by atoms with E-state index in [1.165, 1.54) is 7.05 Å². The second-order valence-corrected chi connectivity index (χ2v) is 4.73. The van der Waals surface area contributed by atoms with Gasteiger partial charge in [0.15, 0.2) is 0 Å². The highest BCUT2D eigenvalue weighted by Crippen LogP contribution is 2.13. The lowest BCUT2D eigenvalue weighted by atomic mass is 10.1. The molecule has 1 atom stereocenters. The number of likely N-dealkylation sites (N-methyl/N-ethyl adjacent to an activating group) is 1. The van der Waals surface area contributed by atoms with Crippen LogP contribution in [0.4, 0.5) is 4.79 Å². The standard InChI is InChI=1S/C11H21NO4/c1-6-7-8(9(13)14)12(5)10(15)16-11(2,3)4/h8H,6-7H2,1-5H3,(H,13,14)/t8-/m0/s1. The van der Waals surface area contributed by atoms with Crippen molar-refractivity contribution in [3.05, 3.63) is 0 Å². The van der Waals surface area contributed by atoms with Crippen LogP contribution >= 0.6 is 0 Å².